The number of hydrogen-bond donors (Lipinski definition) is 1. The van der Waals surface area contributed by atoms with Crippen LogP contribution in [0.4, 0.5) is 10.1 Å². The SMILES string of the molecule is O=C1C(=O)N(Cc2ccco2)C(c2ccc(F)cc2)C1=C(O)c1cccc([N+](=O)[O-])c1. The standard InChI is InChI=1S/C22H15FN2O6/c23-15-8-6-13(7-9-15)19-18(20(26)14-3-1-4-16(11-14)25(29)30)21(27)22(28)24(19)12-17-5-2-10-31-17/h1-11,19,26H,12H2. The molecule has 156 valence electrons. The van der Waals surface area contributed by atoms with Gasteiger partial charge in [0.1, 0.15) is 17.3 Å². The summed E-state index contributed by atoms with van der Waals surface area (Å²) in [6.07, 6.45) is 1.42. The van der Waals surface area contributed by atoms with Crippen LogP contribution in [-0.2, 0) is 16.1 Å². The number of nitrogens with zero attached hydrogens (tertiary/aromatic N) is 2. The highest BCUT2D eigenvalue weighted by atomic mass is 19.1. The number of aliphatic hydroxyl groups excluding tert-OH is 1. The average molecular weight is 422 g/mol. The molecule has 0 bridgehead atoms. The van der Waals surface area contributed by atoms with Crippen LogP contribution in [0.15, 0.2) is 76.9 Å². The normalized spacial score (nSPS) is 17.8. The van der Waals surface area contributed by atoms with E-state index >= 15 is 0 Å². The maximum absolute atomic E-state index is 13.5. The first-order chi connectivity index (χ1) is 14.9. The topological polar surface area (TPSA) is 114 Å². The Hall–Kier alpha value is -4.27. The number of rotatable bonds is 5. The van der Waals surface area contributed by atoms with E-state index < -0.39 is 34.2 Å². The van der Waals surface area contributed by atoms with Crippen molar-refractivity contribution in [3.8, 4) is 0 Å². The zero-order valence-electron chi connectivity index (χ0n) is 15.9. The van der Waals surface area contributed by atoms with E-state index in [0.29, 0.717) is 11.3 Å². The van der Waals surface area contributed by atoms with Crippen molar-refractivity contribution in [2.75, 3.05) is 0 Å². The molecule has 1 unspecified atom stereocenters. The minimum Gasteiger partial charge on any atom is -0.507 e. The number of benzene rings is 2. The number of ketones is 1. The quantitative estimate of drug-likeness (QED) is 0.219. The summed E-state index contributed by atoms with van der Waals surface area (Å²) in [7, 11) is 0. The Morgan fingerprint density at radius 2 is 1.87 bits per heavy atom. The Bertz CT molecular complexity index is 1200. The van der Waals surface area contributed by atoms with Crippen LogP contribution in [0.5, 0.6) is 0 Å². The molecule has 4 rings (SSSR count). The van der Waals surface area contributed by atoms with Crippen molar-refractivity contribution >= 4 is 23.1 Å². The van der Waals surface area contributed by atoms with Crippen molar-refractivity contribution in [2.45, 2.75) is 12.6 Å². The second-order valence-corrected chi connectivity index (χ2v) is 6.87. The number of Topliss-reactive ketones (excluding diaryl/α,β-unsaturated/α-hetero) is 1. The van der Waals surface area contributed by atoms with E-state index in [2.05, 4.69) is 0 Å². The van der Waals surface area contributed by atoms with Crippen molar-refractivity contribution in [1.29, 1.82) is 0 Å². The van der Waals surface area contributed by atoms with Crippen LogP contribution in [0.25, 0.3) is 5.76 Å². The molecule has 0 radical (unpaired) electrons. The van der Waals surface area contributed by atoms with Gasteiger partial charge in [0.25, 0.3) is 17.4 Å². The van der Waals surface area contributed by atoms with Crippen molar-refractivity contribution in [2.24, 2.45) is 0 Å². The third kappa shape index (κ3) is 3.68. The Balaban J connectivity index is 1.87. The van der Waals surface area contributed by atoms with E-state index in [1.807, 2.05) is 0 Å². The van der Waals surface area contributed by atoms with E-state index in [-0.39, 0.29) is 23.4 Å². The van der Waals surface area contributed by atoms with Crippen LogP contribution in [0.1, 0.15) is 22.9 Å². The summed E-state index contributed by atoms with van der Waals surface area (Å²) in [5.41, 5.74) is -0.132. The molecule has 1 saturated heterocycles. The molecule has 8 nitrogen and oxygen atoms in total. The minimum atomic E-state index is -1.04. The third-order valence-electron chi connectivity index (χ3n) is 4.96. The van der Waals surface area contributed by atoms with Crippen molar-refractivity contribution < 1.29 is 28.4 Å². The highest BCUT2D eigenvalue weighted by molar-refractivity contribution is 6.46. The molecular formula is C22H15FN2O6. The molecule has 1 atom stereocenters. The Labute approximate surface area is 175 Å². The number of non-ortho nitro benzene ring substituents is 1. The van der Waals surface area contributed by atoms with Gasteiger partial charge in [-0.2, -0.15) is 0 Å². The first-order valence-electron chi connectivity index (χ1n) is 9.18. The lowest BCUT2D eigenvalue weighted by Crippen LogP contribution is -2.29. The molecule has 1 amide bonds. The van der Waals surface area contributed by atoms with Gasteiger partial charge in [0.2, 0.25) is 0 Å². The second kappa shape index (κ2) is 7.86. The number of carbonyl (C=O) groups is 2. The number of amides is 1. The lowest BCUT2D eigenvalue weighted by Gasteiger charge is -2.24. The molecule has 1 aliphatic heterocycles. The van der Waals surface area contributed by atoms with Crippen molar-refractivity contribution in [1.82, 2.24) is 4.90 Å². The molecule has 3 aromatic rings. The Morgan fingerprint density at radius 1 is 1.13 bits per heavy atom. The van der Waals surface area contributed by atoms with Crippen LogP contribution in [-0.4, -0.2) is 26.6 Å². The molecule has 1 aliphatic rings. The number of halogens is 1. The number of furan rings is 1. The van der Waals surface area contributed by atoms with Crippen LogP contribution < -0.4 is 0 Å². The summed E-state index contributed by atoms with van der Waals surface area (Å²) in [5.74, 6) is -2.49. The van der Waals surface area contributed by atoms with Gasteiger partial charge in [-0.25, -0.2) is 4.39 Å². The lowest BCUT2D eigenvalue weighted by atomic mass is 9.95. The third-order valence-corrected chi connectivity index (χ3v) is 4.96. The second-order valence-electron chi connectivity index (χ2n) is 6.87. The maximum Gasteiger partial charge on any atom is 0.296 e. The van der Waals surface area contributed by atoms with E-state index in [1.165, 1.54) is 53.6 Å². The van der Waals surface area contributed by atoms with Gasteiger partial charge in [0, 0.05) is 17.7 Å². The highest BCUT2D eigenvalue weighted by Gasteiger charge is 2.46. The maximum atomic E-state index is 13.5. The van der Waals surface area contributed by atoms with Gasteiger partial charge in [0.05, 0.1) is 29.3 Å². The predicted molar refractivity (Wildman–Crippen MR) is 106 cm³/mol. The van der Waals surface area contributed by atoms with Crippen molar-refractivity contribution in [3.63, 3.8) is 0 Å². The molecule has 9 heteroatoms. The number of nitro groups is 1. The Kier molecular flexibility index (Phi) is 5.08. The summed E-state index contributed by atoms with van der Waals surface area (Å²) < 4.78 is 18.8. The monoisotopic (exact) mass is 422 g/mol. The number of likely N-dealkylation sites (tertiary alicyclic amines) is 1. The van der Waals surface area contributed by atoms with Gasteiger partial charge in [-0.3, -0.25) is 19.7 Å². The zero-order valence-corrected chi connectivity index (χ0v) is 15.9. The van der Waals surface area contributed by atoms with Crippen LogP contribution in [0.2, 0.25) is 0 Å². The number of hydrogen-bond acceptors (Lipinski definition) is 6. The fourth-order valence-corrected chi connectivity index (χ4v) is 3.53. The molecule has 2 heterocycles. The van der Waals surface area contributed by atoms with Crippen LogP contribution in [0.3, 0.4) is 0 Å². The smallest absolute Gasteiger partial charge is 0.296 e. The fourth-order valence-electron chi connectivity index (χ4n) is 3.53. The Morgan fingerprint density at radius 3 is 2.52 bits per heavy atom. The average Bonchev–Trinajstić information content (AvgIpc) is 3.36. The summed E-state index contributed by atoms with van der Waals surface area (Å²) in [6.45, 7) is -0.0642. The number of nitro benzene ring substituents is 1. The highest BCUT2D eigenvalue weighted by Crippen LogP contribution is 2.40. The lowest BCUT2D eigenvalue weighted by molar-refractivity contribution is -0.384. The van der Waals surface area contributed by atoms with Crippen LogP contribution >= 0.6 is 0 Å². The van der Waals surface area contributed by atoms with E-state index in [9.17, 15) is 29.2 Å². The van der Waals surface area contributed by atoms with E-state index in [0.717, 1.165) is 6.07 Å². The molecule has 31 heavy (non-hydrogen) atoms. The molecule has 2 aromatic carbocycles. The number of carbonyl (C=O) groups excluding carboxylic acids is 2. The number of aliphatic hydroxyl groups is 1. The van der Waals surface area contributed by atoms with Gasteiger partial charge in [-0.15, -0.1) is 0 Å². The first-order valence-corrected chi connectivity index (χ1v) is 9.18. The fraction of sp³-hybridized carbons (Fsp3) is 0.0909. The molecular weight excluding hydrogens is 407 g/mol. The summed E-state index contributed by atoms with van der Waals surface area (Å²) in [5, 5.41) is 22.0. The molecule has 0 saturated carbocycles. The van der Waals surface area contributed by atoms with Crippen LogP contribution in [0, 0.1) is 15.9 Å². The van der Waals surface area contributed by atoms with Gasteiger partial charge in [0.15, 0.2) is 0 Å². The van der Waals surface area contributed by atoms with Crippen molar-refractivity contribution in [3.05, 3.63) is 105 Å². The summed E-state index contributed by atoms with van der Waals surface area (Å²) in [4.78, 5) is 37.4. The van der Waals surface area contributed by atoms with E-state index in [4.69, 9.17) is 4.42 Å². The zero-order chi connectivity index (χ0) is 22.1. The molecule has 1 N–H and O–H groups in total. The summed E-state index contributed by atoms with van der Waals surface area (Å²) in [6, 6.07) is 12.5. The largest absolute Gasteiger partial charge is 0.507 e. The molecule has 1 aromatic heterocycles. The first kappa shape index (κ1) is 20.0. The molecule has 0 spiro atoms. The predicted octanol–water partition coefficient (Wildman–Crippen LogP) is 3.95. The molecule has 1 fully saturated rings. The van der Waals surface area contributed by atoms with Gasteiger partial charge in [-0.05, 0) is 29.8 Å². The minimum absolute atomic E-state index is 0.0114. The van der Waals surface area contributed by atoms with E-state index in [1.54, 1.807) is 12.1 Å². The molecule has 0 aliphatic carbocycles. The van der Waals surface area contributed by atoms with Gasteiger partial charge < -0.3 is 14.4 Å². The van der Waals surface area contributed by atoms with Gasteiger partial charge in [-0.1, -0.05) is 24.3 Å². The summed E-state index contributed by atoms with van der Waals surface area (Å²) >= 11 is 0. The van der Waals surface area contributed by atoms with Gasteiger partial charge >= 0.3 is 0 Å².